The predicted molar refractivity (Wildman–Crippen MR) is 88.3 cm³/mol. The number of anilines is 1. The number of fused-ring (bicyclic) bond motifs is 1. The third-order valence-corrected chi connectivity index (χ3v) is 4.86. The second kappa shape index (κ2) is 7.12. The first kappa shape index (κ1) is 15.4. The van der Waals surface area contributed by atoms with Gasteiger partial charge in [0.2, 0.25) is 0 Å². The fraction of sp³-hybridized carbons (Fsp3) is 0.667. The first-order valence-corrected chi connectivity index (χ1v) is 8.32. The Kier molecular flexibility index (Phi) is 5.47. The van der Waals surface area contributed by atoms with E-state index in [1.165, 1.54) is 49.9 Å². The standard InChI is InChI=1S/C18H30N2/c1-4-7-10-13-20-15-18(5-2,6-3)19-14-16-11-8-9-12-17(16)20/h8-9,11-12,19H,4-7,10,13-15H2,1-3H3. The van der Waals surface area contributed by atoms with Gasteiger partial charge in [0.15, 0.2) is 0 Å². The maximum Gasteiger partial charge on any atom is 0.0412 e. The lowest BCUT2D eigenvalue weighted by atomic mass is 9.92. The molecule has 112 valence electrons. The summed E-state index contributed by atoms with van der Waals surface area (Å²) < 4.78 is 0. The topological polar surface area (TPSA) is 15.3 Å². The molecule has 0 atom stereocenters. The lowest BCUT2D eigenvalue weighted by Gasteiger charge is -2.36. The minimum atomic E-state index is 0.269. The van der Waals surface area contributed by atoms with Crippen LogP contribution in [0.25, 0.3) is 0 Å². The number of nitrogens with one attached hydrogen (secondary N) is 1. The van der Waals surface area contributed by atoms with Crippen molar-refractivity contribution < 1.29 is 0 Å². The van der Waals surface area contributed by atoms with Crippen molar-refractivity contribution in [3.8, 4) is 0 Å². The maximum absolute atomic E-state index is 3.83. The van der Waals surface area contributed by atoms with Crippen LogP contribution >= 0.6 is 0 Å². The molecule has 0 spiro atoms. The minimum absolute atomic E-state index is 0.269. The highest BCUT2D eigenvalue weighted by Crippen LogP contribution is 2.29. The van der Waals surface area contributed by atoms with Gasteiger partial charge in [0.1, 0.15) is 0 Å². The molecule has 0 radical (unpaired) electrons. The molecule has 0 unspecified atom stereocenters. The summed E-state index contributed by atoms with van der Waals surface area (Å²) in [4.78, 5) is 2.62. The Labute approximate surface area is 124 Å². The molecular formula is C18H30N2. The highest BCUT2D eigenvalue weighted by atomic mass is 15.2. The zero-order valence-electron chi connectivity index (χ0n) is 13.4. The highest BCUT2D eigenvalue weighted by Gasteiger charge is 2.31. The van der Waals surface area contributed by atoms with Gasteiger partial charge in [-0.3, -0.25) is 0 Å². The summed E-state index contributed by atoms with van der Waals surface area (Å²) >= 11 is 0. The number of para-hydroxylation sites is 1. The molecule has 0 fully saturated rings. The van der Waals surface area contributed by atoms with E-state index in [0.717, 1.165) is 13.1 Å². The van der Waals surface area contributed by atoms with Crippen molar-refractivity contribution in [2.45, 2.75) is 65.0 Å². The van der Waals surface area contributed by atoms with Gasteiger partial charge in [-0.15, -0.1) is 0 Å². The number of benzene rings is 1. The van der Waals surface area contributed by atoms with Crippen molar-refractivity contribution in [3.63, 3.8) is 0 Å². The molecule has 2 rings (SSSR count). The van der Waals surface area contributed by atoms with Gasteiger partial charge in [-0.1, -0.05) is 51.8 Å². The van der Waals surface area contributed by atoms with E-state index in [0.29, 0.717) is 0 Å². The Hall–Kier alpha value is -1.02. The molecule has 0 aliphatic carbocycles. The van der Waals surface area contributed by atoms with Crippen LogP contribution in [0.2, 0.25) is 0 Å². The van der Waals surface area contributed by atoms with E-state index in [1.807, 2.05) is 0 Å². The number of unbranched alkanes of at least 4 members (excludes halogenated alkanes) is 2. The van der Waals surface area contributed by atoms with Crippen LogP contribution in [0.15, 0.2) is 24.3 Å². The smallest absolute Gasteiger partial charge is 0.0412 e. The molecule has 0 amide bonds. The van der Waals surface area contributed by atoms with Gasteiger partial charge in [-0.25, -0.2) is 0 Å². The fourth-order valence-corrected chi connectivity index (χ4v) is 3.23. The molecular weight excluding hydrogens is 244 g/mol. The van der Waals surface area contributed by atoms with Gasteiger partial charge in [0.05, 0.1) is 0 Å². The average molecular weight is 274 g/mol. The SMILES string of the molecule is CCCCCN1CC(CC)(CC)NCc2ccccc21. The first-order valence-electron chi connectivity index (χ1n) is 8.32. The quantitative estimate of drug-likeness (QED) is 0.776. The van der Waals surface area contributed by atoms with Crippen molar-refractivity contribution in [2.75, 3.05) is 18.0 Å². The predicted octanol–water partition coefficient (Wildman–Crippen LogP) is 4.35. The molecule has 1 N–H and O–H groups in total. The summed E-state index contributed by atoms with van der Waals surface area (Å²) in [6.07, 6.45) is 6.32. The molecule has 0 saturated heterocycles. The van der Waals surface area contributed by atoms with Crippen LogP contribution in [0, 0.1) is 0 Å². The van der Waals surface area contributed by atoms with Crippen LogP contribution in [-0.4, -0.2) is 18.6 Å². The maximum atomic E-state index is 3.83. The van der Waals surface area contributed by atoms with Crippen LogP contribution in [0.1, 0.15) is 58.4 Å². The largest absolute Gasteiger partial charge is 0.369 e. The van der Waals surface area contributed by atoms with Gasteiger partial charge in [-0.2, -0.15) is 0 Å². The lowest BCUT2D eigenvalue weighted by molar-refractivity contribution is 0.306. The Morgan fingerprint density at radius 3 is 2.55 bits per heavy atom. The van der Waals surface area contributed by atoms with Gasteiger partial charge in [0.25, 0.3) is 0 Å². The zero-order chi connectivity index (χ0) is 14.4. The van der Waals surface area contributed by atoms with Gasteiger partial charge >= 0.3 is 0 Å². The lowest BCUT2D eigenvalue weighted by Crippen LogP contribution is -2.51. The number of hydrogen-bond donors (Lipinski definition) is 1. The van der Waals surface area contributed by atoms with Crippen molar-refractivity contribution in [3.05, 3.63) is 29.8 Å². The van der Waals surface area contributed by atoms with Gasteiger partial charge in [-0.05, 0) is 30.9 Å². The molecule has 0 saturated carbocycles. The monoisotopic (exact) mass is 274 g/mol. The van der Waals surface area contributed by atoms with E-state index in [-0.39, 0.29) is 5.54 Å². The molecule has 1 aromatic rings. The van der Waals surface area contributed by atoms with E-state index in [4.69, 9.17) is 0 Å². The summed E-state index contributed by atoms with van der Waals surface area (Å²) in [6, 6.07) is 8.91. The molecule has 1 aliphatic rings. The number of rotatable bonds is 6. The molecule has 2 heteroatoms. The van der Waals surface area contributed by atoms with E-state index < -0.39 is 0 Å². The van der Waals surface area contributed by atoms with E-state index in [9.17, 15) is 0 Å². The summed E-state index contributed by atoms with van der Waals surface area (Å²) in [6.45, 7) is 10.2. The summed E-state index contributed by atoms with van der Waals surface area (Å²) in [7, 11) is 0. The van der Waals surface area contributed by atoms with Crippen LogP contribution in [-0.2, 0) is 6.54 Å². The summed E-state index contributed by atoms with van der Waals surface area (Å²) in [5.41, 5.74) is 3.17. The first-order chi connectivity index (χ1) is 9.74. The molecule has 0 aromatic heterocycles. The summed E-state index contributed by atoms with van der Waals surface area (Å²) in [5.74, 6) is 0. The number of nitrogens with zero attached hydrogens (tertiary/aromatic N) is 1. The second-order valence-electron chi connectivity index (χ2n) is 6.10. The molecule has 1 heterocycles. The van der Waals surface area contributed by atoms with E-state index >= 15 is 0 Å². The van der Waals surface area contributed by atoms with Crippen molar-refractivity contribution in [1.82, 2.24) is 5.32 Å². The Bertz CT molecular complexity index is 410. The second-order valence-corrected chi connectivity index (χ2v) is 6.10. The van der Waals surface area contributed by atoms with E-state index in [1.54, 1.807) is 0 Å². The normalized spacial score (nSPS) is 17.6. The van der Waals surface area contributed by atoms with Crippen LogP contribution in [0.4, 0.5) is 5.69 Å². The van der Waals surface area contributed by atoms with Crippen LogP contribution < -0.4 is 10.2 Å². The van der Waals surface area contributed by atoms with Gasteiger partial charge < -0.3 is 10.2 Å². The van der Waals surface area contributed by atoms with Crippen LogP contribution in [0.3, 0.4) is 0 Å². The Morgan fingerprint density at radius 1 is 1.10 bits per heavy atom. The molecule has 0 bridgehead atoms. The van der Waals surface area contributed by atoms with Crippen molar-refractivity contribution >= 4 is 5.69 Å². The van der Waals surface area contributed by atoms with Crippen molar-refractivity contribution in [1.29, 1.82) is 0 Å². The molecule has 1 aliphatic heterocycles. The zero-order valence-corrected chi connectivity index (χ0v) is 13.4. The van der Waals surface area contributed by atoms with Crippen LogP contribution in [0.5, 0.6) is 0 Å². The summed E-state index contributed by atoms with van der Waals surface area (Å²) in [5, 5.41) is 3.83. The van der Waals surface area contributed by atoms with Crippen molar-refractivity contribution in [2.24, 2.45) is 0 Å². The fourth-order valence-electron chi connectivity index (χ4n) is 3.23. The molecule has 1 aromatic carbocycles. The Balaban J connectivity index is 2.22. The average Bonchev–Trinajstić information content (AvgIpc) is 2.66. The number of hydrogen-bond acceptors (Lipinski definition) is 2. The Morgan fingerprint density at radius 2 is 1.85 bits per heavy atom. The molecule has 2 nitrogen and oxygen atoms in total. The van der Waals surface area contributed by atoms with Gasteiger partial charge in [0, 0.05) is 30.9 Å². The molecule has 20 heavy (non-hydrogen) atoms. The third-order valence-electron chi connectivity index (χ3n) is 4.86. The van der Waals surface area contributed by atoms with E-state index in [2.05, 4.69) is 55.3 Å². The highest BCUT2D eigenvalue weighted by molar-refractivity contribution is 5.55. The minimum Gasteiger partial charge on any atom is -0.369 e. The third kappa shape index (κ3) is 3.35.